The molecule has 4 heterocycles. The predicted molar refractivity (Wildman–Crippen MR) is 86.1 cm³/mol. The lowest BCUT2D eigenvalue weighted by molar-refractivity contribution is -0.0929. The van der Waals surface area contributed by atoms with Crippen LogP contribution in [0.5, 0.6) is 0 Å². The van der Waals surface area contributed by atoms with Crippen LogP contribution in [0.4, 0.5) is 10.3 Å². The molecule has 0 unspecified atom stereocenters. The van der Waals surface area contributed by atoms with Gasteiger partial charge in [-0.05, 0) is 25.0 Å². The van der Waals surface area contributed by atoms with Crippen molar-refractivity contribution in [2.24, 2.45) is 0 Å². The van der Waals surface area contributed by atoms with Gasteiger partial charge in [0.1, 0.15) is 5.76 Å². The lowest BCUT2D eigenvalue weighted by Gasteiger charge is -2.47. The number of furan rings is 1. The van der Waals surface area contributed by atoms with Crippen LogP contribution in [-0.4, -0.2) is 53.3 Å². The molecule has 2 fully saturated rings. The smallest absolute Gasteiger partial charge is 0.225 e. The van der Waals surface area contributed by atoms with E-state index >= 15 is 0 Å². The van der Waals surface area contributed by atoms with Gasteiger partial charge in [0.2, 0.25) is 5.95 Å². The standard InChI is InChI=1S/C17H21FN4O2/c18-14-10-19-16(20-11-14)22-7-9-24-17(13-22)3-5-21(6-4-17)12-15-2-1-8-23-15/h1-2,8,10-11H,3-7,9,12-13H2. The summed E-state index contributed by atoms with van der Waals surface area (Å²) >= 11 is 0. The monoisotopic (exact) mass is 332 g/mol. The van der Waals surface area contributed by atoms with Crippen molar-refractivity contribution in [3.8, 4) is 0 Å². The molecule has 0 atom stereocenters. The van der Waals surface area contributed by atoms with Crippen molar-refractivity contribution in [1.29, 1.82) is 0 Å². The molecule has 6 nitrogen and oxygen atoms in total. The minimum atomic E-state index is -0.409. The summed E-state index contributed by atoms with van der Waals surface area (Å²) in [5, 5.41) is 0. The van der Waals surface area contributed by atoms with Crippen molar-refractivity contribution in [2.75, 3.05) is 37.7 Å². The van der Waals surface area contributed by atoms with Crippen LogP contribution >= 0.6 is 0 Å². The zero-order valence-electron chi connectivity index (χ0n) is 13.5. The Bertz CT molecular complexity index is 654. The molecule has 2 aliphatic heterocycles. The van der Waals surface area contributed by atoms with E-state index in [1.807, 2.05) is 12.1 Å². The molecule has 2 aromatic heterocycles. The van der Waals surface area contributed by atoms with Crippen molar-refractivity contribution in [3.63, 3.8) is 0 Å². The molecule has 0 aliphatic carbocycles. The van der Waals surface area contributed by atoms with Crippen LogP contribution in [0, 0.1) is 5.82 Å². The van der Waals surface area contributed by atoms with Gasteiger partial charge in [0.05, 0.1) is 44.0 Å². The first kappa shape index (κ1) is 15.5. The number of morpholine rings is 1. The first-order valence-electron chi connectivity index (χ1n) is 8.34. The van der Waals surface area contributed by atoms with Gasteiger partial charge in [0.25, 0.3) is 0 Å². The second-order valence-corrected chi connectivity index (χ2v) is 6.51. The van der Waals surface area contributed by atoms with Gasteiger partial charge < -0.3 is 14.1 Å². The molecule has 1 spiro atoms. The fourth-order valence-electron chi connectivity index (χ4n) is 3.53. The Hall–Kier alpha value is -1.99. The van der Waals surface area contributed by atoms with E-state index in [0.29, 0.717) is 12.6 Å². The summed E-state index contributed by atoms with van der Waals surface area (Å²) in [7, 11) is 0. The van der Waals surface area contributed by atoms with Crippen LogP contribution < -0.4 is 4.90 Å². The molecule has 128 valence electrons. The van der Waals surface area contributed by atoms with Gasteiger partial charge in [-0.1, -0.05) is 0 Å². The Kier molecular flexibility index (Phi) is 4.20. The fourth-order valence-corrected chi connectivity index (χ4v) is 3.53. The fraction of sp³-hybridized carbons (Fsp3) is 0.529. The number of hydrogen-bond acceptors (Lipinski definition) is 6. The first-order valence-corrected chi connectivity index (χ1v) is 8.34. The predicted octanol–water partition coefficient (Wildman–Crippen LogP) is 2.08. The Balaban J connectivity index is 1.38. The van der Waals surface area contributed by atoms with E-state index < -0.39 is 5.82 Å². The number of hydrogen-bond donors (Lipinski definition) is 0. The van der Waals surface area contributed by atoms with E-state index in [1.165, 1.54) is 12.4 Å². The third-order valence-electron chi connectivity index (χ3n) is 4.86. The highest BCUT2D eigenvalue weighted by atomic mass is 19.1. The van der Waals surface area contributed by atoms with Crippen LogP contribution in [0.2, 0.25) is 0 Å². The second kappa shape index (κ2) is 6.49. The van der Waals surface area contributed by atoms with Crippen LogP contribution in [0.25, 0.3) is 0 Å². The number of rotatable bonds is 3. The van der Waals surface area contributed by atoms with E-state index in [9.17, 15) is 4.39 Å². The summed E-state index contributed by atoms with van der Waals surface area (Å²) in [5.41, 5.74) is -0.157. The number of ether oxygens (including phenoxy) is 1. The Morgan fingerprint density at radius 3 is 2.67 bits per heavy atom. The number of nitrogens with zero attached hydrogens (tertiary/aromatic N) is 4. The molecule has 2 saturated heterocycles. The van der Waals surface area contributed by atoms with Crippen LogP contribution in [-0.2, 0) is 11.3 Å². The molecular formula is C17H21FN4O2. The maximum Gasteiger partial charge on any atom is 0.225 e. The van der Waals surface area contributed by atoms with Crippen LogP contribution in [0.15, 0.2) is 35.2 Å². The maximum atomic E-state index is 13.0. The van der Waals surface area contributed by atoms with Crippen molar-refractivity contribution in [1.82, 2.24) is 14.9 Å². The molecule has 0 radical (unpaired) electrons. The highest BCUT2D eigenvalue weighted by molar-refractivity contribution is 5.30. The molecule has 0 bridgehead atoms. The first-order chi connectivity index (χ1) is 11.7. The van der Waals surface area contributed by atoms with Crippen molar-refractivity contribution < 1.29 is 13.5 Å². The normalized spacial score (nSPS) is 21.3. The van der Waals surface area contributed by atoms with Gasteiger partial charge in [-0.2, -0.15) is 0 Å². The lowest BCUT2D eigenvalue weighted by atomic mass is 9.89. The van der Waals surface area contributed by atoms with Crippen LogP contribution in [0.1, 0.15) is 18.6 Å². The van der Waals surface area contributed by atoms with E-state index in [2.05, 4.69) is 19.8 Å². The molecule has 0 N–H and O–H groups in total. The lowest BCUT2D eigenvalue weighted by Crippen LogP contribution is -2.57. The molecule has 0 aromatic carbocycles. The minimum absolute atomic E-state index is 0.157. The number of aromatic nitrogens is 2. The third kappa shape index (κ3) is 3.27. The van der Waals surface area contributed by atoms with Gasteiger partial charge in [0.15, 0.2) is 5.82 Å². The van der Waals surface area contributed by atoms with Gasteiger partial charge in [0, 0.05) is 19.6 Å². The molecule has 2 aliphatic rings. The van der Waals surface area contributed by atoms with E-state index in [4.69, 9.17) is 9.15 Å². The minimum Gasteiger partial charge on any atom is -0.468 e. The zero-order valence-corrected chi connectivity index (χ0v) is 13.5. The number of halogens is 1. The number of anilines is 1. The zero-order chi connectivity index (χ0) is 16.4. The molecule has 0 saturated carbocycles. The van der Waals surface area contributed by atoms with E-state index in [1.54, 1.807) is 6.26 Å². The SMILES string of the molecule is Fc1cnc(N2CCOC3(CCN(Cc4ccco4)CC3)C2)nc1. The average molecular weight is 332 g/mol. The Morgan fingerprint density at radius 1 is 1.17 bits per heavy atom. The quantitative estimate of drug-likeness (QED) is 0.858. The van der Waals surface area contributed by atoms with E-state index in [0.717, 1.165) is 51.3 Å². The van der Waals surface area contributed by atoms with Crippen molar-refractivity contribution in [3.05, 3.63) is 42.4 Å². The summed E-state index contributed by atoms with van der Waals surface area (Å²) in [6, 6.07) is 3.93. The van der Waals surface area contributed by atoms with Gasteiger partial charge in [-0.3, -0.25) is 4.90 Å². The topological polar surface area (TPSA) is 54.6 Å². The van der Waals surface area contributed by atoms with Crippen molar-refractivity contribution >= 4 is 5.95 Å². The summed E-state index contributed by atoms with van der Waals surface area (Å²) in [5.74, 6) is 1.17. The molecule has 7 heteroatoms. The molecule has 4 rings (SSSR count). The molecule has 2 aromatic rings. The molecular weight excluding hydrogens is 311 g/mol. The summed E-state index contributed by atoms with van der Waals surface area (Å²) in [6.45, 7) is 4.93. The van der Waals surface area contributed by atoms with Gasteiger partial charge in [-0.15, -0.1) is 0 Å². The highest BCUT2D eigenvalue weighted by Gasteiger charge is 2.40. The summed E-state index contributed by atoms with van der Waals surface area (Å²) in [4.78, 5) is 12.7. The second-order valence-electron chi connectivity index (χ2n) is 6.51. The average Bonchev–Trinajstić information content (AvgIpc) is 3.11. The third-order valence-corrected chi connectivity index (χ3v) is 4.86. The number of piperidine rings is 1. The Morgan fingerprint density at radius 2 is 1.96 bits per heavy atom. The number of likely N-dealkylation sites (tertiary alicyclic amines) is 1. The molecule has 0 amide bonds. The highest BCUT2D eigenvalue weighted by Crippen LogP contribution is 2.31. The largest absolute Gasteiger partial charge is 0.468 e. The Labute approximate surface area is 140 Å². The van der Waals surface area contributed by atoms with Crippen LogP contribution in [0.3, 0.4) is 0 Å². The van der Waals surface area contributed by atoms with Gasteiger partial charge in [-0.25, -0.2) is 14.4 Å². The summed E-state index contributed by atoms with van der Waals surface area (Å²) in [6.07, 6.45) is 6.08. The maximum absolute atomic E-state index is 13.0. The van der Waals surface area contributed by atoms with Gasteiger partial charge >= 0.3 is 0 Å². The van der Waals surface area contributed by atoms with Crippen molar-refractivity contribution in [2.45, 2.75) is 25.0 Å². The summed E-state index contributed by atoms with van der Waals surface area (Å²) < 4.78 is 24.6. The van der Waals surface area contributed by atoms with E-state index in [-0.39, 0.29) is 5.60 Å². The molecule has 24 heavy (non-hydrogen) atoms.